The van der Waals surface area contributed by atoms with Gasteiger partial charge in [0, 0.05) is 51.2 Å². The third-order valence-electron chi connectivity index (χ3n) is 7.30. The molecular weight excluding hydrogens is 364 g/mol. The molecule has 1 saturated carbocycles. The molecule has 3 fully saturated rings. The van der Waals surface area contributed by atoms with Gasteiger partial charge in [-0.2, -0.15) is 0 Å². The number of piperidine rings is 1. The maximum absolute atomic E-state index is 12.5. The molecule has 1 amide bonds. The summed E-state index contributed by atoms with van der Waals surface area (Å²) in [7, 11) is 0. The van der Waals surface area contributed by atoms with Crippen molar-refractivity contribution >= 4 is 5.91 Å². The van der Waals surface area contributed by atoms with Crippen molar-refractivity contribution in [3.05, 3.63) is 29.8 Å². The maximum atomic E-state index is 12.5. The summed E-state index contributed by atoms with van der Waals surface area (Å²) in [4.78, 5) is 15.2. The van der Waals surface area contributed by atoms with Gasteiger partial charge in [0.25, 0.3) is 0 Å². The predicted octanol–water partition coefficient (Wildman–Crippen LogP) is 3.48. The van der Waals surface area contributed by atoms with Gasteiger partial charge in [0.05, 0.1) is 0 Å². The van der Waals surface area contributed by atoms with E-state index < -0.39 is 0 Å². The van der Waals surface area contributed by atoms with Gasteiger partial charge in [-0.05, 0) is 62.5 Å². The number of ether oxygens (including phenoxy) is 2. The van der Waals surface area contributed by atoms with Crippen LogP contribution in [0.1, 0.15) is 62.8 Å². The van der Waals surface area contributed by atoms with E-state index in [0.29, 0.717) is 12.5 Å². The number of carbonyl (C=O) groups is 1. The van der Waals surface area contributed by atoms with Crippen molar-refractivity contribution in [3.63, 3.8) is 0 Å². The molecule has 2 saturated heterocycles. The van der Waals surface area contributed by atoms with Crippen LogP contribution in [-0.4, -0.2) is 55.3 Å². The van der Waals surface area contributed by atoms with Gasteiger partial charge in [-0.25, -0.2) is 0 Å². The zero-order valence-corrected chi connectivity index (χ0v) is 17.4. The lowest BCUT2D eigenvalue weighted by atomic mass is 9.76. The minimum Gasteiger partial charge on any atom is -0.487 e. The fraction of sp³-hybridized carbons (Fsp3) is 0.708. The molecule has 1 atom stereocenters. The number of benzene rings is 1. The molecule has 0 bridgehead atoms. The Balaban J connectivity index is 1.24. The van der Waals surface area contributed by atoms with E-state index in [4.69, 9.17) is 9.47 Å². The van der Waals surface area contributed by atoms with Crippen LogP contribution in [0, 0.1) is 5.92 Å². The Morgan fingerprint density at radius 2 is 1.86 bits per heavy atom. The molecule has 4 aliphatic rings. The summed E-state index contributed by atoms with van der Waals surface area (Å²) < 4.78 is 12.1. The molecule has 1 aromatic carbocycles. The molecule has 5 rings (SSSR count). The first-order valence-electron chi connectivity index (χ1n) is 11.6. The van der Waals surface area contributed by atoms with E-state index in [-0.39, 0.29) is 17.4 Å². The van der Waals surface area contributed by atoms with Crippen molar-refractivity contribution in [1.29, 1.82) is 0 Å². The Bertz CT molecular complexity index is 719. The van der Waals surface area contributed by atoms with E-state index in [9.17, 15) is 4.79 Å². The number of likely N-dealkylation sites (tertiary alicyclic amines) is 1. The Morgan fingerprint density at radius 3 is 2.62 bits per heavy atom. The number of hydrogen-bond acceptors (Lipinski definition) is 4. The number of amides is 1. The Labute approximate surface area is 174 Å². The molecule has 5 heteroatoms. The maximum Gasteiger partial charge on any atom is 0.220 e. The molecule has 1 aliphatic carbocycles. The summed E-state index contributed by atoms with van der Waals surface area (Å²) in [5.41, 5.74) is 1.11. The highest BCUT2D eigenvalue weighted by atomic mass is 16.5. The zero-order chi connectivity index (χ0) is 19.7. The average Bonchev–Trinajstić information content (AvgIpc) is 3.55. The highest BCUT2D eigenvalue weighted by Crippen LogP contribution is 2.46. The molecule has 1 spiro atoms. The van der Waals surface area contributed by atoms with Crippen LogP contribution >= 0.6 is 0 Å². The van der Waals surface area contributed by atoms with Gasteiger partial charge in [0.1, 0.15) is 11.4 Å². The second kappa shape index (κ2) is 8.27. The minimum atomic E-state index is -0.106. The van der Waals surface area contributed by atoms with Crippen molar-refractivity contribution in [2.75, 3.05) is 32.8 Å². The van der Waals surface area contributed by atoms with Gasteiger partial charge in [-0.3, -0.25) is 4.79 Å². The van der Waals surface area contributed by atoms with Crippen LogP contribution in [0.25, 0.3) is 0 Å². The van der Waals surface area contributed by atoms with Crippen LogP contribution < -0.4 is 10.1 Å². The third-order valence-corrected chi connectivity index (χ3v) is 7.30. The van der Waals surface area contributed by atoms with Crippen molar-refractivity contribution in [1.82, 2.24) is 10.2 Å². The van der Waals surface area contributed by atoms with Gasteiger partial charge in [-0.15, -0.1) is 0 Å². The van der Waals surface area contributed by atoms with E-state index in [1.807, 2.05) is 0 Å². The molecule has 3 aliphatic heterocycles. The molecule has 1 aromatic rings. The first-order valence-corrected chi connectivity index (χ1v) is 11.6. The lowest BCUT2D eigenvalue weighted by Crippen LogP contribution is -2.51. The smallest absolute Gasteiger partial charge is 0.220 e. The molecule has 158 valence electrons. The van der Waals surface area contributed by atoms with Crippen LogP contribution in [0.3, 0.4) is 0 Å². The summed E-state index contributed by atoms with van der Waals surface area (Å²) in [6, 6.07) is 8.80. The number of hydrogen-bond donors (Lipinski definition) is 1. The first-order chi connectivity index (χ1) is 14.2. The second-order valence-electron chi connectivity index (χ2n) is 9.63. The summed E-state index contributed by atoms with van der Waals surface area (Å²) in [6.45, 7) is 5.24. The Hall–Kier alpha value is -1.59. The van der Waals surface area contributed by atoms with Crippen LogP contribution in [0.15, 0.2) is 24.3 Å². The lowest BCUT2D eigenvalue weighted by molar-refractivity contribution is -0.122. The standard InChI is InChI=1S/C24H34N2O3/c27-23(25-20-5-6-20)15-19-16-24(29-22-4-2-1-3-21(19)22)9-11-26(12-10-24)17-18-7-13-28-14-8-18/h1-4,18-20H,5-17H2,(H,25,27). The molecule has 0 aromatic heterocycles. The fourth-order valence-corrected chi connectivity index (χ4v) is 5.41. The molecule has 0 radical (unpaired) electrons. The van der Waals surface area contributed by atoms with Crippen molar-refractivity contribution < 1.29 is 14.3 Å². The van der Waals surface area contributed by atoms with E-state index in [1.165, 1.54) is 24.9 Å². The summed E-state index contributed by atoms with van der Waals surface area (Å²) >= 11 is 0. The van der Waals surface area contributed by atoms with Crippen molar-refractivity contribution in [3.8, 4) is 5.75 Å². The number of fused-ring (bicyclic) bond motifs is 1. The topological polar surface area (TPSA) is 50.8 Å². The van der Waals surface area contributed by atoms with Gasteiger partial charge in [0.2, 0.25) is 5.91 Å². The summed E-state index contributed by atoms with van der Waals surface area (Å²) in [6.07, 6.45) is 8.35. The highest BCUT2D eigenvalue weighted by Gasteiger charge is 2.44. The first kappa shape index (κ1) is 19.4. The van der Waals surface area contributed by atoms with E-state index >= 15 is 0 Å². The molecule has 1 N–H and O–H groups in total. The summed E-state index contributed by atoms with van der Waals surface area (Å²) in [5.74, 6) is 2.26. The minimum absolute atomic E-state index is 0.106. The Morgan fingerprint density at radius 1 is 1.10 bits per heavy atom. The van der Waals surface area contributed by atoms with Gasteiger partial charge in [-0.1, -0.05) is 18.2 Å². The number of nitrogens with zero attached hydrogens (tertiary/aromatic N) is 1. The second-order valence-corrected chi connectivity index (χ2v) is 9.63. The van der Waals surface area contributed by atoms with Gasteiger partial charge < -0.3 is 19.7 Å². The highest BCUT2D eigenvalue weighted by molar-refractivity contribution is 5.77. The molecule has 3 heterocycles. The SMILES string of the molecule is O=C(CC1CC2(CCN(CC3CCOCC3)CC2)Oc2ccccc21)NC1CC1. The fourth-order valence-electron chi connectivity index (χ4n) is 5.41. The largest absolute Gasteiger partial charge is 0.487 e. The van der Waals surface area contributed by atoms with Crippen molar-refractivity contribution in [2.24, 2.45) is 5.92 Å². The molecular formula is C24H34N2O3. The van der Waals surface area contributed by atoms with E-state index in [1.54, 1.807) is 0 Å². The van der Waals surface area contributed by atoms with Crippen LogP contribution in [0.2, 0.25) is 0 Å². The Kier molecular flexibility index (Phi) is 5.53. The van der Waals surface area contributed by atoms with E-state index in [0.717, 1.165) is 70.1 Å². The average molecular weight is 399 g/mol. The number of para-hydroxylation sites is 1. The van der Waals surface area contributed by atoms with Crippen molar-refractivity contribution in [2.45, 2.75) is 68.9 Å². The van der Waals surface area contributed by atoms with Gasteiger partial charge in [0.15, 0.2) is 0 Å². The summed E-state index contributed by atoms with van der Waals surface area (Å²) in [5, 5.41) is 3.18. The third kappa shape index (κ3) is 4.61. The molecule has 1 unspecified atom stereocenters. The number of carbonyl (C=O) groups excluding carboxylic acids is 1. The molecule has 29 heavy (non-hydrogen) atoms. The van der Waals surface area contributed by atoms with Gasteiger partial charge >= 0.3 is 0 Å². The van der Waals surface area contributed by atoms with Crippen LogP contribution in [0.5, 0.6) is 5.75 Å². The number of nitrogens with one attached hydrogen (secondary N) is 1. The normalized spacial score (nSPS) is 27.2. The predicted molar refractivity (Wildman–Crippen MR) is 112 cm³/mol. The quantitative estimate of drug-likeness (QED) is 0.825. The van der Waals surface area contributed by atoms with Crippen LogP contribution in [-0.2, 0) is 9.53 Å². The monoisotopic (exact) mass is 398 g/mol. The molecule has 5 nitrogen and oxygen atoms in total. The van der Waals surface area contributed by atoms with Crippen LogP contribution in [0.4, 0.5) is 0 Å². The number of rotatable bonds is 5. The van der Waals surface area contributed by atoms with E-state index in [2.05, 4.69) is 34.5 Å². The zero-order valence-electron chi connectivity index (χ0n) is 17.4. The lowest BCUT2D eigenvalue weighted by Gasteiger charge is -2.47.